The maximum Gasteiger partial charge on any atom is 0.227 e. The topological polar surface area (TPSA) is 44.8 Å². The van der Waals surface area contributed by atoms with Gasteiger partial charge in [-0.3, -0.25) is 4.79 Å². The summed E-state index contributed by atoms with van der Waals surface area (Å²) < 4.78 is 5.13. The maximum atomic E-state index is 12.4. The Labute approximate surface area is 133 Å². The molecule has 5 heteroatoms. The van der Waals surface area contributed by atoms with E-state index in [0.29, 0.717) is 13.0 Å². The number of carbonyl (C=O) groups excluding carboxylic acids is 1. The van der Waals surface area contributed by atoms with Crippen LogP contribution in [0.3, 0.4) is 0 Å². The van der Waals surface area contributed by atoms with E-state index in [4.69, 9.17) is 4.74 Å². The van der Waals surface area contributed by atoms with Crippen molar-refractivity contribution in [2.24, 2.45) is 0 Å². The van der Waals surface area contributed by atoms with Gasteiger partial charge in [-0.25, -0.2) is 0 Å². The Morgan fingerprint density at radius 2 is 2.05 bits per heavy atom. The number of piperazine rings is 1. The van der Waals surface area contributed by atoms with Gasteiger partial charge >= 0.3 is 0 Å². The van der Waals surface area contributed by atoms with Crippen LogP contribution >= 0.6 is 0 Å². The SMILES string of the molecule is COC[C@@H](C)Nc1cccc(CC(=O)N2CCN(C)CC2)c1. The smallest absolute Gasteiger partial charge is 0.227 e. The largest absolute Gasteiger partial charge is 0.383 e. The molecule has 1 heterocycles. The first kappa shape index (κ1) is 16.8. The normalized spacial score (nSPS) is 17.3. The standard InChI is InChI=1S/C17H27N3O2/c1-14(13-22-3)18-16-6-4-5-15(11-16)12-17(21)20-9-7-19(2)8-10-20/h4-6,11,14,18H,7-10,12-13H2,1-3H3/t14-/m1/s1. The molecule has 1 atom stereocenters. The third-order valence-electron chi connectivity index (χ3n) is 3.97. The third kappa shape index (κ3) is 5.00. The number of amides is 1. The highest BCUT2D eigenvalue weighted by molar-refractivity contribution is 5.79. The van der Waals surface area contributed by atoms with E-state index in [-0.39, 0.29) is 11.9 Å². The second-order valence-corrected chi connectivity index (χ2v) is 6.06. The van der Waals surface area contributed by atoms with Crippen LogP contribution in [-0.2, 0) is 16.0 Å². The molecular weight excluding hydrogens is 278 g/mol. The van der Waals surface area contributed by atoms with Gasteiger partial charge in [0.05, 0.1) is 13.0 Å². The average molecular weight is 305 g/mol. The minimum Gasteiger partial charge on any atom is -0.383 e. The molecule has 1 saturated heterocycles. The molecule has 0 unspecified atom stereocenters. The summed E-state index contributed by atoms with van der Waals surface area (Å²) in [7, 11) is 3.79. The van der Waals surface area contributed by atoms with E-state index < -0.39 is 0 Å². The predicted molar refractivity (Wildman–Crippen MR) is 89.2 cm³/mol. The van der Waals surface area contributed by atoms with Gasteiger partial charge in [0.2, 0.25) is 5.91 Å². The summed E-state index contributed by atoms with van der Waals surface area (Å²) in [5.74, 6) is 0.218. The lowest BCUT2D eigenvalue weighted by molar-refractivity contribution is -0.132. The van der Waals surface area contributed by atoms with Crippen LogP contribution in [0.25, 0.3) is 0 Å². The number of anilines is 1. The van der Waals surface area contributed by atoms with Crippen molar-refractivity contribution in [1.82, 2.24) is 9.80 Å². The summed E-state index contributed by atoms with van der Waals surface area (Å²) in [6, 6.07) is 8.33. The van der Waals surface area contributed by atoms with E-state index in [0.717, 1.165) is 37.4 Å². The van der Waals surface area contributed by atoms with Gasteiger partial charge in [-0.15, -0.1) is 0 Å². The summed E-state index contributed by atoms with van der Waals surface area (Å²) in [6.45, 7) is 6.32. The molecule has 1 aromatic carbocycles. The van der Waals surface area contributed by atoms with Gasteiger partial charge < -0.3 is 19.9 Å². The Morgan fingerprint density at radius 1 is 1.32 bits per heavy atom. The van der Waals surface area contributed by atoms with Crippen molar-refractivity contribution in [3.63, 3.8) is 0 Å². The number of rotatable bonds is 6. The van der Waals surface area contributed by atoms with Crippen LogP contribution in [0.2, 0.25) is 0 Å². The fourth-order valence-electron chi connectivity index (χ4n) is 2.69. The van der Waals surface area contributed by atoms with Gasteiger partial charge in [-0.2, -0.15) is 0 Å². The lowest BCUT2D eigenvalue weighted by Crippen LogP contribution is -2.47. The van der Waals surface area contributed by atoms with E-state index in [1.807, 2.05) is 23.1 Å². The van der Waals surface area contributed by atoms with Crippen LogP contribution in [0, 0.1) is 0 Å². The summed E-state index contributed by atoms with van der Waals surface area (Å²) in [5, 5.41) is 3.39. The molecule has 0 saturated carbocycles. The number of benzene rings is 1. The summed E-state index contributed by atoms with van der Waals surface area (Å²) in [6.07, 6.45) is 0.470. The molecule has 2 rings (SSSR count). The molecule has 0 aliphatic carbocycles. The fourth-order valence-corrected chi connectivity index (χ4v) is 2.69. The molecule has 122 valence electrons. The van der Waals surface area contributed by atoms with E-state index in [1.165, 1.54) is 0 Å². The second-order valence-electron chi connectivity index (χ2n) is 6.06. The Hall–Kier alpha value is -1.59. The van der Waals surface area contributed by atoms with Crippen LogP contribution < -0.4 is 5.32 Å². The zero-order chi connectivity index (χ0) is 15.9. The van der Waals surface area contributed by atoms with Gasteiger partial charge in [-0.05, 0) is 31.7 Å². The van der Waals surface area contributed by atoms with Gasteiger partial charge in [0, 0.05) is 45.0 Å². The molecule has 1 N–H and O–H groups in total. The Morgan fingerprint density at radius 3 is 2.73 bits per heavy atom. The molecule has 5 nitrogen and oxygen atoms in total. The van der Waals surface area contributed by atoms with Crippen LogP contribution in [0.1, 0.15) is 12.5 Å². The molecule has 1 aliphatic rings. The van der Waals surface area contributed by atoms with E-state index in [1.54, 1.807) is 7.11 Å². The molecular formula is C17H27N3O2. The van der Waals surface area contributed by atoms with Crippen LogP contribution in [-0.4, -0.2) is 68.7 Å². The van der Waals surface area contributed by atoms with E-state index in [2.05, 4.69) is 30.3 Å². The summed E-state index contributed by atoms with van der Waals surface area (Å²) in [4.78, 5) is 16.6. The minimum atomic E-state index is 0.218. The Balaban J connectivity index is 1.90. The third-order valence-corrected chi connectivity index (χ3v) is 3.97. The highest BCUT2D eigenvalue weighted by atomic mass is 16.5. The zero-order valence-electron chi connectivity index (χ0n) is 13.8. The molecule has 0 aromatic heterocycles. The zero-order valence-corrected chi connectivity index (χ0v) is 13.8. The maximum absolute atomic E-state index is 12.4. The highest BCUT2D eigenvalue weighted by Crippen LogP contribution is 2.14. The van der Waals surface area contributed by atoms with E-state index in [9.17, 15) is 4.79 Å². The number of likely N-dealkylation sites (N-methyl/N-ethyl adjacent to an activating group) is 1. The lowest BCUT2D eigenvalue weighted by atomic mass is 10.1. The molecule has 1 aromatic rings. The van der Waals surface area contributed by atoms with Gasteiger partial charge in [0.15, 0.2) is 0 Å². The fraction of sp³-hybridized carbons (Fsp3) is 0.588. The molecule has 1 fully saturated rings. The van der Waals surface area contributed by atoms with Crippen molar-refractivity contribution >= 4 is 11.6 Å². The van der Waals surface area contributed by atoms with Crippen LogP contribution in [0.5, 0.6) is 0 Å². The second kappa shape index (κ2) is 8.15. The van der Waals surface area contributed by atoms with Crippen molar-refractivity contribution in [2.45, 2.75) is 19.4 Å². The molecule has 0 spiro atoms. The van der Waals surface area contributed by atoms with Crippen molar-refractivity contribution in [2.75, 3.05) is 52.3 Å². The Kier molecular flexibility index (Phi) is 6.21. The average Bonchev–Trinajstić information content (AvgIpc) is 2.48. The number of methoxy groups -OCH3 is 1. The quantitative estimate of drug-likeness (QED) is 0.864. The first-order valence-corrected chi connectivity index (χ1v) is 7.89. The number of nitrogens with one attached hydrogen (secondary N) is 1. The van der Waals surface area contributed by atoms with Crippen molar-refractivity contribution in [3.05, 3.63) is 29.8 Å². The van der Waals surface area contributed by atoms with Gasteiger partial charge in [0.25, 0.3) is 0 Å². The molecule has 22 heavy (non-hydrogen) atoms. The molecule has 0 radical (unpaired) electrons. The number of hydrogen-bond donors (Lipinski definition) is 1. The molecule has 0 bridgehead atoms. The van der Waals surface area contributed by atoms with Crippen LogP contribution in [0.4, 0.5) is 5.69 Å². The molecule has 1 amide bonds. The number of carbonyl (C=O) groups is 1. The van der Waals surface area contributed by atoms with Crippen molar-refractivity contribution < 1.29 is 9.53 Å². The van der Waals surface area contributed by atoms with Crippen molar-refractivity contribution in [1.29, 1.82) is 0 Å². The first-order valence-electron chi connectivity index (χ1n) is 7.89. The minimum absolute atomic E-state index is 0.218. The lowest BCUT2D eigenvalue weighted by Gasteiger charge is -2.32. The highest BCUT2D eigenvalue weighted by Gasteiger charge is 2.19. The van der Waals surface area contributed by atoms with E-state index >= 15 is 0 Å². The first-order chi connectivity index (χ1) is 10.6. The summed E-state index contributed by atoms with van der Waals surface area (Å²) >= 11 is 0. The number of ether oxygens (including phenoxy) is 1. The summed E-state index contributed by atoms with van der Waals surface area (Å²) in [5.41, 5.74) is 2.09. The van der Waals surface area contributed by atoms with Gasteiger partial charge in [0.1, 0.15) is 0 Å². The Bertz CT molecular complexity index is 485. The van der Waals surface area contributed by atoms with Crippen molar-refractivity contribution in [3.8, 4) is 0 Å². The number of hydrogen-bond acceptors (Lipinski definition) is 4. The van der Waals surface area contributed by atoms with Gasteiger partial charge in [-0.1, -0.05) is 12.1 Å². The monoisotopic (exact) mass is 305 g/mol. The predicted octanol–water partition coefficient (Wildman–Crippen LogP) is 1.45. The van der Waals surface area contributed by atoms with Crippen LogP contribution in [0.15, 0.2) is 24.3 Å². The number of nitrogens with zero attached hydrogens (tertiary/aromatic N) is 2. The molecule has 1 aliphatic heterocycles.